The van der Waals surface area contributed by atoms with Gasteiger partial charge >= 0.3 is 0 Å². The monoisotopic (exact) mass is 572 g/mol. The van der Waals surface area contributed by atoms with E-state index < -0.39 is 23.9 Å². The van der Waals surface area contributed by atoms with E-state index in [0.717, 1.165) is 28.2 Å². The first-order valence-electron chi connectivity index (χ1n) is 13.2. The van der Waals surface area contributed by atoms with Gasteiger partial charge in [-0.2, -0.15) is 0 Å². The number of halogens is 1. The van der Waals surface area contributed by atoms with Crippen molar-refractivity contribution in [1.82, 2.24) is 19.9 Å². The molecule has 1 saturated heterocycles. The molecule has 0 radical (unpaired) electrons. The molecule has 0 saturated carbocycles. The Hall–Kier alpha value is -4.02. The number of fused-ring (bicyclic) bond motifs is 1. The number of nitrogens with zero attached hydrogens (tertiary/aromatic N) is 3. The molecule has 3 atom stereocenters. The fourth-order valence-corrected chi connectivity index (χ4v) is 5.48. The molecule has 0 aliphatic carbocycles. The number of benzene rings is 3. The van der Waals surface area contributed by atoms with E-state index in [9.17, 15) is 5.11 Å². The first kappa shape index (κ1) is 27.2. The predicted molar refractivity (Wildman–Crippen MR) is 153 cm³/mol. The summed E-state index contributed by atoms with van der Waals surface area (Å²) in [6.45, 7) is 0.103. The number of H-pyrrole nitrogens is 1. The van der Waals surface area contributed by atoms with Gasteiger partial charge in [-0.15, -0.1) is 0 Å². The summed E-state index contributed by atoms with van der Waals surface area (Å²) < 4.78 is 24.1. The highest BCUT2D eigenvalue weighted by Crippen LogP contribution is 2.43. The Bertz CT molecular complexity index is 1560. The van der Waals surface area contributed by atoms with Crippen LogP contribution in [0.1, 0.15) is 35.0 Å². The highest BCUT2D eigenvalue weighted by atomic mass is 35.5. The van der Waals surface area contributed by atoms with Gasteiger partial charge in [0, 0.05) is 6.42 Å². The third-order valence-electron chi connectivity index (χ3n) is 7.43. The predicted octanol–water partition coefficient (Wildman–Crippen LogP) is 5.22. The molecule has 0 bridgehead atoms. The second kappa shape index (κ2) is 11.5. The Morgan fingerprint density at radius 2 is 1.51 bits per heavy atom. The fourth-order valence-electron chi connectivity index (χ4n) is 5.31. The lowest BCUT2D eigenvalue weighted by Gasteiger charge is -2.37. The summed E-state index contributed by atoms with van der Waals surface area (Å²) in [5.74, 6) is 2.00. The average Bonchev–Trinajstić information content (AvgIpc) is 3.63. The maximum Gasteiger partial charge on any atom is 0.182 e. The molecule has 41 heavy (non-hydrogen) atoms. The minimum atomic E-state index is -1.02. The van der Waals surface area contributed by atoms with Crippen molar-refractivity contribution >= 4 is 22.8 Å². The molecule has 10 heteroatoms. The molecule has 0 amide bonds. The van der Waals surface area contributed by atoms with E-state index in [-0.39, 0.29) is 11.8 Å². The largest absolute Gasteiger partial charge is 0.497 e. The summed E-state index contributed by atoms with van der Waals surface area (Å²) in [7, 11) is 3.27. The third kappa shape index (κ3) is 5.13. The van der Waals surface area contributed by atoms with Crippen LogP contribution < -0.4 is 9.47 Å². The van der Waals surface area contributed by atoms with E-state index in [1.807, 2.05) is 78.9 Å². The minimum absolute atomic E-state index is 0.103. The highest BCUT2D eigenvalue weighted by molar-refractivity contribution is 6.33. The topological polar surface area (TPSA) is 112 Å². The zero-order valence-corrected chi connectivity index (χ0v) is 23.3. The van der Waals surface area contributed by atoms with E-state index in [1.165, 1.54) is 6.33 Å². The van der Waals surface area contributed by atoms with Crippen LogP contribution in [-0.2, 0) is 15.1 Å². The lowest BCUT2D eigenvalue weighted by molar-refractivity contribution is -0.0836. The first-order chi connectivity index (χ1) is 20.0. The summed E-state index contributed by atoms with van der Waals surface area (Å²) in [6.07, 6.45) is -0.193. The van der Waals surface area contributed by atoms with Gasteiger partial charge in [0.1, 0.15) is 47.0 Å². The minimum Gasteiger partial charge on any atom is -0.497 e. The Kier molecular flexibility index (Phi) is 7.59. The second-order valence-corrected chi connectivity index (χ2v) is 10.1. The summed E-state index contributed by atoms with van der Waals surface area (Å²) in [5.41, 5.74) is 2.66. The summed E-state index contributed by atoms with van der Waals surface area (Å²) in [4.78, 5) is 15.8. The lowest BCUT2D eigenvalue weighted by Crippen LogP contribution is -2.38. The van der Waals surface area contributed by atoms with Gasteiger partial charge in [-0.05, 0) is 41.0 Å². The van der Waals surface area contributed by atoms with Gasteiger partial charge in [-0.25, -0.2) is 15.0 Å². The van der Waals surface area contributed by atoms with E-state index in [4.69, 9.17) is 30.5 Å². The molecule has 9 nitrogen and oxygen atoms in total. The average molecular weight is 573 g/mol. The van der Waals surface area contributed by atoms with Crippen molar-refractivity contribution < 1.29 is 24.1 Å². The van der Waals surface area contributed by atoms with Gasteiger partial charge in [-0.3, -0.25) is 0 Å². The number of imidazole rings is 1. The molecular formula is C31H29ClN4O5. The van der Waals surface area contributed by atoms with Gasteiger partial charge in [0.05, 0.1) is 26.9 Å². The lowest BCUT2D eigenvalue weighted by atomic mass is 9.80. The van der Waals surface area contributed by atoms with Crippen molar-refractivity contribution in [1.29, 1.82) is 0 Å². The van der Waals surface area contributed by atoms with Crippen LogP contribution in [0.3, 0.4) is 0 Å². The van der Waals surface area contributed by atoms with Crippen LogP contribution in [0.4, 0.5) is 0 Å². The summed E-state index contributed by atoms with van der Waals surface area (Å²) in [5, 5.41) is 11.3. The third-order valence-corrected chi connectivity index (χ3v) is 7.71. The number of methoxy groups -OCH3 is 2. The van der Waals surface area contributed by atoms with Crippen molar-refractivity contribution in [2.45, 2.75) is 30.3 Å². The molecule has 210 valence electrons. The normalized spacial score (nSPS) is 19.0. The van der Waals surface area contributed by atoms with Crippen LogP contribution in [0.5, 0.6) is 11.5 Å². The van der Waals surface area contributed by atoms with Crippen LogP contribution in [0.2, 0.25) is 5.15 Å². The maximum absolute atomic E-state index is 11.1. The smallest absolute Gasteiger partial charge is 0.182 e. The quantitative estimate of drug-likeness (QED) is 0.183. The second-order valence-electron chi connectivity index (χ2n) is 9.77. The molecule has 2 aromatic heterocycles. The Morgan fingerprint density at radius 3 is 2.10 bits per heavy atom. The molecule has 1 unspecified atom stereocenters. The molecule has 3 heterocycles. The molecule has 5 aromatic rings. The summed E-state index contributed by atoms with van der Waals surface area (Å²) >= 11 is 6.20. The van der Waals surface area contributed by atoms with Crippen LogP contribution in [0, 0.1) is 0 Å². The van der Waals surface area contributed by atoms with Crippen molar-refractivity contribution in [3.05, 3.63) is 113 Å². The van der Waals surface area contributed by atoms with Gasteiger partial charge < -0.3 is 29.0 Å². The number of aromatic amines is 1. The van der Waals surface area contributed by atoms with E-state index >= 15 is 0 Å². The standard InChI is InChI=1S/C31H29ClN4O5/c1-38-22-12-8-20(9-13-22)31(19-6-4-3-5-7-19,21-10-14-23(39-2)15-11-21)40-17-26-24(37)16-25(41-26)29-35-27-28(32)33-18-34-30(27)36-29/h3-15,18,24-26,37H,16-17H2,1-2H3,(H,33,34,35,36)/t24-,25?,26+/m0/s1. The van der Waals surface area contributed by atoms with Crippen LogP contribution in [0.25, 0.3) is 11.2 Å². The zero-order valence-electron chi connectivity index (χ0n) is 22.5. The van der Waals surface area contributed by atoms with Crippen molar-refractivity contribution in [2.75, 3.05) is 20.8 Å². The highest BCUT2D eigenvalue weighted by Gasteiger charge is 2.42. The van der Waals surface area contributed by atoms with E-state index in [2.05, 4.69) is 19.9 Å². The first-order valence-corrected chi connectivity index (χ1v) is 13.6. The number of aliphatic hydroxyl groups excluding tert-OH is 1. The SMILES string of the molecule is COc1ccc(C(OC[C@H]2OC(c3nc4ncnc(Cl)c4[nH]3)C[C@@H]2O)(c2ccccc2)c2ccc(OC)cc2)cc1. The number of ether oxygens (including phenoxy) is 4. The Morgan fingerprint density at radius 1 is 0.902 bits per heavy atom. The Balaban J connectivity index is 1.36. The number of aromatic nitrogens is 4. The number of rotatable bonds is 9. The van der Waals surface area contributed by atoms with Crippen molar-refractivity contribution in [2.24, 2.45) is 0 Å². The number of hydrogen-bond donors (Lipinski definition) is 2. The number of aliphatic hydroxyl groups is 1. The maximum atomic E-state index is 11.1. The number of nitrogens with one attached hydrogen (secondary N) is 1. The molecule has 6 rings (SSSR count). The van der Waals surface area contributed by atoms with Crippen LogP contribution in [0.15, 0.2) is 85.2 Å². The molecule has 0 spiro atoms. The number of hydrogen-bond acceptors (Lipinski definition) is 8. The van der Waals surface area contributed by atoms with E-state index in [0.29, 0.717) is 23.4 Å². The van der Waals surface area contributed by atoms with Crippen molar-refractivity contribution in [3.63, 3.8) is 0 Å². The molecule has 1 aliphatic heterocycles. The molecule has 1 fully saturated rings. The zero-order chi connectivity index (χ0) is 28.4. The van der Waals surface area contributed by atoms with Gasteiger partial charge in [0.15, 0.2) is 10.8 Å². The fraction of sp³-hybridized carbons (Fsp3) is 0.258. The van der Waals surface area contributed by atoms with E-state index in [1.54, 1.807) is 14.2 Å². The molecule has 1 aliphatic rings. The molecule has 2 N–H and O–H groups in total. The molecular weight excluding hydrogens is 544 g/mol. The van der Waals surface area contributed by atoms with Crippen molar-refractivity contribution in [3.8, 4) is 11.5 Å². The summed E-state index contributed by atoms with van der Waals surface area (Å²) in [6, 6.07) is 25.6. The molecule has 3 aromatic carbocycles. The van der Waals surface area contributed by atoms with Crippen LogP contribution >= 0.6 is 11.6 Å². The van der Waals surface area contributed by atoms with Crippen LogP contribution in [-0.4, -0.2) is 58.1 Å². The Labute approximate surface area is 242 Å². The van der Waals surface area contributed by atoms with Gasteiger partial charge in [0.25, 0.3) is 0 Å². The van der Waals surface area contributed by atoms with Gasteiger partial charge in [0.2, 0.25) is 0 Å². The van der Waals surface area contributed by atoms with Gasteiger partial charge in [-0.1, -0.05) is 66.2 Å².